The number of nitrogens with one attached hydrogen (secondary N) is 1. The highest BCUT2D eigenvalue weighted by Crippen LogP contribution is 2.18. The number of hydrogen-bond donors (Lipinski definition) is 2. The molecule has 1 aromatic carbocycles. The SMILES string of the molecule is CCN(CC)C(=O)c1ccccc1NC(=O)c1ccc(C(=O)O)c(C)n1. The Morgan fingerprint density at radius 3 is 2.27 bits per heavy atom. The predicted molar refractivity (Wildman–Crippen MR) is 97.6 cm³/mol. The number of aromatic carboxylic acids is 1. The van der Waals surface area contributed by atoms with E-state index >= 15 is 0 Å². The zero-order valence-corrected chi connectivity index (χ0v) is 14.9. The number of para-hydroxylation sites is 1. The molecule has 0 saturated carbocycles. The molecule has 2 amide bonds. The van der Waals surface area contributed by atoms with Crippen LogP contribution in [-0.2, 0) is 0 Å². The minimum absolute atomic E-state index is 0.0404. The van der Waals surface area contributed by atoms with Crippen molar-refractivity contribution in [2.24, 2.45) is 0 Å². The van der Waals surface area contributed by atoms with Crippen molar-refractivity contribution in [1.82, 2.24) is 9.88 Å². The molecule has 0 spiro atoms. The molecule has 7 nitrogen and oxygen atoms in total. The van der Waals surface area contributed by atoms with E-state index in [1.165, 1.54) is 19.1 Å². The number of carboxylic acids is 1. The van der Waals surface area contributed by atoms with Crippen molar-refractivity contribution in [2.45, 2.75) is 20.8 Å². The van der Waals surface area contributed by atoms with Crippen LogP contribution in [0, 0.1) is 6.92 Å². The van der Waals surface area contributed by atoms with Gasteiger partial charge in [-0.3, -0.25) is 9.59 Å². The van der Waals surface area contributed by atoms with Gasteiger partial charge in [0, 0.05) is 13.1 Å². The summed E-state index contributed by atoms with van der Waals surface area (Å²) in [6, 6.07) is 9.44. The lowest BCUT2D eigenvalue weighted by Gasteiger charge is -2.20. The number of pyridine rings is 1. The summed E-state index contributed by atoms with van der Waals surface area (Å²) in [5.74, 6) is -1.78. The minimum Gasteiger partial charge on any atom is -0.478 e. The molecule has 0 radical (unpaired) electrons. The van der Waals surface area contributed by atoms with Crippen LogP contribution in [0.4, 0.5) is 5.69 Å². The first-order chi connectivity index (χ1) is 12.4. The van der Waals surface area contributed by atoms with Gasteiger partial charge in [-0.15, -0.1) is 0 Å². The summed E-state index contributed by atoms with van der Waals surface area (Å²) in [5, 5.41) is 11.7. The Labute approximate surface area is 151 Å². The van der Waals surface area contributed by atoms with Crippen LogP contribution >= 0.6 is 0 Å². The lowest BCUT2D eigenvalue weighted by Crippen LogP contribution is -2.31. The van der Waals surface area contributed by atoms with Gasteiger partial charge in [0.1, 0.15) is 5.69 Å². The average Bonchev–Trinajstić information content (AvgIpc) is 2.62. The third-order valence-electron chi connectivity index (χ3n) is 4.01. The van der Waals surface area contributed by atoms with E-state index in [9.17, 15) is 14.4 Å². The van der Waals surface area contributed by atoms with Crippen molar-refractivity contribution in [1.29, 1.82) is 0 Å². The van der Waals surface area contributed by atoms with E-state index in [4.69, 9.17) is 5.11 Å². The van der Waals surface area contributed by atoms with Crippen LogP contribution < -0.4 is 5.32 Å². The first-order valence-electron chi connectivity index (χ1n) is 8.29. The molecule has 0 bridgehead atoms. The third kappa shape index (κ3) is 4.05. The second-order valence-corrected chi connectivity index (χ2v) is 5.61. The molecule has 7 heteroatoms. The summed E-state index contributed by atoms with van der Waals surface area (Å²) < 4.78 is 0. The Kier molecular flexibility index (Phi) is 6.06. The van der Waals surface area contributed by atoms with Crippen LogP contribution in [0.25, 0.3) is 0 Å². The molecule has 2 N–H and O–H groups in total. The maximum atomic E-state index is 12.6. The fraction of sp³-hybridized carbons (Fsp3) is 0.263. The number of carbonyl (C=O) groups is 3. The van der Waals surface area contributed by atoms with Crippen molar-refractivity contribution >= 4 is 23.5 Å². The van der Waals surface area contributed by atoms with E-state index in [0.717, 1.165) is 0 Å². The molecule has 26 heavy (non-hydrogen) atoms. The number of amides is 2. The van der Waals surface area contributed by atoms with E-state index in [2.05, 4.69) is 10.3 Å². The van der Waals surface area contributed by atoms with Crippen LogP contribution in [0.15, 0.2) is 36.4 Å². The van der Waals surface area contributed by atoms with Gasteiger partial charge in [-0.2, -0.15) is 0 Å². The standard InChI is InChI=1S/C19H21N3O4/c1-4-22(5-2)18(24)14-8-6-7-9-15(14)21-17(23)16-11-10-13(19(25)26)12(3)20-16/h6-11H,4-5H2,1-3H3,(H,21,23)(H,25,26). The minimum atomic E-state index is -1.10. The number of aromatic nitrogens is 1. The fourth-order valence-electron chi connectivity index (χ4n) is 2.56. The monoisotopic (exact) mass is 355 g/mol. The van der Waals surface area contributed by atoms with Crippen LogP contribution in [0.3, 0.4) is 0 Å². The number of nitrogens with zero attached hydrogens (tertiary/aromatic N) is 2. The molecule has 0 aliphatic heterocycles. The number of anilines is 1. The van der Waals surface area contributed by atoms with E-state index < -0.39 is 11.9 Å². The normalized spacial score (nSPS) is 10.3. The molecule has 0 aliphatic rings. The Bertz CT molecular complexity index is 844. The van der Waals surface area contributed by atoms with Crippen LogP contribution in [-0.4, -0.2) is 45.9 Å². The van der Waals surface area contributed by atoms with Gasteiger partial charge in [-0.25, -0.2) is 9.78 Å². The van der Waals surface area contributed by atoms with Gasteiger partial charge in [-0.1, -0.05) is 12.1 Å². The quantitative estimate of drug-likeness (QED) is 0.830. The number of benzene rings is 1. The van der Waals surface area contributed by atoms with Crippen LogP contribution in [0.2, 0.25) is 0 Å². The average molecular weight is 355 g/mol. The van der Waals surface area contributed by atoms with Gasteiger partial charge in [0.2, 0.25) is 0 Å². The van der Waals surface area contributed by atoms with Gasteiger partial charge in [-0.05, 0) is 45.0 Å². The molecule has 0 aliphatic carbocycles. The number of carbonyl (C=O) groups excluding carboxylic acids is 2. The van der Waals surface area contributed by atoms with Gasteiger partial charge in [0.25, 0.3) is 11.8 Å². The molecular formula is C19H21N3O4. The highest BCUT2D eigenvalue weighted by atomic mass is 16.4. The van der Waals surface area contributed by atoms with Crippen LogP contribution in [0.1, 0.15) is 50.7 Å². The first kappa shape index (κ1) is 19.1. The maximum absolute atomic E-state index is 12.6. The first-order valence-corrected chi connectivity index (χ1v) is 8.29. The van der Waals surface area contributed by atoms with Crippen molar-refractivity contribution in [3.63, 3.8) is 0 Å². The van der Waals surface area contributed by atoms with E-state index in [1.54, 1.807) is 29.2 Å². The van der Waals surface area contributed by atoms with Crippen LogP contribution in [0.5, 0.6) is 0 Å². The summed E-state index contributed by atoms with van der Waals surface area (Å²) in [5.41, 5.74) is 1.15. The maximum Gasteiger partial charge on any atom is 0.337 e. The zero-order valence-electron chi connectivity index (χ0n) is 14.9. The molecule has 1 heterocycles. The fourth-order valence-corrected chi connectivity index (χ4v) is 2.56. The number of aryl methyl sites for hydroxylation is 1. The second-order valence-electron chi connectivity index (χ2n) is 5.61. The molecule has 2 aromatic rings. The van der Waals surface area contributed by atoms with Crippen molar-refractivity contribution in [3.8, 4) is 0 Å². The summed E-state index contributed by atoms with van der Waals surface area (Å²) in [6.45, 7) is 6.43. The Morgan fingerprint density at radius 1 is 1.04 bits per heavy atom. The summed E-state index contributed by atoms with van der Waals surface area (Å²) in [6.07, 6.45) is 0. The summed E-state index contributed by atoms with van der Waals surface area (Å²) >= 11 is 0. The highest BCUT2D eigenvalue weighted by molar-refractivity contribution is 6.08. The Morgan fingerprint density at radius 2 is 1.69 bits per heavy atom. The molecule has 136 valence electrons. The zero-order chi connectivity index (χ0) is 19.3. The van der Waals surface area contributed by atoms with Crippen molar-refractivity contribution in [2.75, 3.05) is 18.4 Å². The van der Waals surface area contributed by atoms with Gasteiger partial charge < -0.3 is 15.3 Å². The van der Waals surface area contributed by atoms with Crippen molar-refractivity contribution < 1.29 is 19.5 Å². The highest BCUT2D eigenvalue weighted by Gasteiger charge is 2.19. The molecule has 0 unspecified atom stereocenters. The Balaban J connectivity index is 2.29. The van der Waals surface area contributed by atoms with E-state index in [0.29, 0.717) is 24.3 Å². The van der Waals surface area contributed by atoms with Crippen molar-refractivity contribution in [3.05, 3.63) is 58.9 Å². The van der Waals surface area contributed by atoms with Gasteiger partial charge in [0.15, 0.2) is 0 Å². The molecule has 1 aromatic heterocycles. The number of carboxylic acid groups (broad SMARTS) is 1. The molecule has 0 atom stereocenters. The molecular weight excluding hydrogens is 334 g/mol. The molecule has 0 saturated heterocycles. The van der Waals surface area contributed by atoms with Gasteiger partial charge in [0.05, 0.1) is 22.5 Å². The van der Waals surface area contributed by atoms with E-state index in [1.807, 2.05) is 13.8 Å². The smallest absolute Gasteiger partial charge is 0.337 e. The van der Waals surface area contributed by atoms with Gasteiger partial charge >= 0.3 is 5.97 Å². The largest absolute Gasteiger partial charge is 0.478 e. The summed E-state index contributed by atoms with van der Waals surface area (Å²) in [7, 11) is 0. The topological polar surface area (TPSA) is 99.6 Å². The second kappa shape index (κ2) is 8.24. The Hall–Kier alpha value is -3.22. The lowest BCUT2D eigenvalue weighted by atomic mass is 10.1. The number of hydrogen-bond acceptors (Lipinski definition) is 4. The van der Waals surface area contributed by atoms with E-state index in [-0.39, 0.29) is 22.9 Å². The molecule has 0 fully saturated rings. The third-order valence-corrected chi connectivity index (χ3v) is 4.01. The lowest BCUT2D eigenvalue weighted by molar-refractivity contribution is 0.0693. The number of rotatable bonds is 6. The predicted octanol–water partition coefficient (Wildman–Crippen LogP) is 2.82. The summed E-state index contributed by atoms with van der Waals surface area (Å²) in [4.78, 5) is 41.9. The molecule has 2 rings (SSSR count).